The maximum absolute atomic E-state index is 11.9. The van der Waals surface area contributed by atoms with Gasteiger partial charge in [0.2, 0.25) is 5.91 Å². The van der Waals surface area contributed by atoms with Gasteiger partial charge in [-0.3, -0.25) is 19.3 Å². The van der Waals surface area contributed by atoms with E-state index in [0.717, 1.165) is 12.8 Å². The number of carbonyl (C=O) groups excluding carboxylic acids is 2. The highest BCUT2D eigenvalue weighted by Crippen LogP contribution is 2.27. The minimum atomic E-state index is -0.960. The summed E-state index contributed by atoms with van der Waals surface area (Å²) in [6.07, 6.45) is 1.82. The third kappa shape index (κ3) is 3.78. The third-order valence-electron chi connectivity index (χ3n) is 2.93. The first-order valence-electron chi connectivity index (χ1n) is 6.10. The Hall–Kier alpha value is -1.93. The number of nitrogens with two attached hydrogens (primary N) is 1. The van der Waals surface area contributed by atoms with E-state index in [4.69, 9.17) is 10.8 Å². The molecule has 1 saturated carbocycles. The van der Waals surface area contributed by atoms with Gasteiger partial charge in [-0.25, -0.2) is 0 Å². The van der Waals surface area contributed by atoms with E-state index in [-0.39, 0.29) is 30.6 Å². The molecule has 0 spiro atoms. The summed E-state index contributed by atoms with van der Waals surface area (Å²) in [7, 11) is 0. The number of primary amides is 1. The van der Waals surface area contributed by atoms with Crippen LogP contribution >= 0.6 is 11.3 Å². The van der Waals surface area contributed by atoms with Gasteiger partial charge in [0.05, 0.1) is 18.7 Å². The monoisotopic (exact) mass is 297 g/mol. The summed E-state index contributed by atoms with van der Waals surface area (Å²) < 4.78 is 0. The summed E-state index contributed by atoms with van der Waals surface area (Å²) in [6.45, 7) is -0.168. The summed E-state index contributed by atoms with van der Waals surface area (Å²) in [5, 5.41) is 13.5. The van der Waals surface area contributed by atoms with Gasteiger partial charge < -0.3 is 16.2 Å². The van der Waals surface area contributed by atoms with E-state index < -0.39 is 11.9 Å². The van der Waals surface area contributed by atoms with E-state index in [0.29, 0.717) is 5.00 Å². The summed E-state index contributed by atoms with van der Waals surface area (Å²) >= 11 is 1.20. The van der Waals surface area contributed by atoms with Crippen molar-refractivity contribution in [1.29, 1.82) is 0 Å². The number of hydrogen-bond acceptors (Lipinski definition) is 5. The van der Waals surface area contributed by atoms with E-state index >= 15 is 0 Å². The van der Waals surface area contributed by atoms with Crippen LogP contribution < -0.4 is 11.1 Å². The minimum absolute atomic E-state index is 0.00688. The van der Waals surface area contributed by atoms with E-state index in [1.165, 1.54) is 11.3 Å². The zero-order valence-electron chi connectivity index (χ0n) is 10.7. The predicted octanol–water partition coefficient (Wildman–Crippen LogP) is 0.334. The van der Waals surface area contributed by atoms with Crippen molar-refractivity contribution in [2.75, 3.05) is 18.4 Å². The molecule has 2 amide bonds. The number of anilines is 1. The molecule has 0 aliphatic heterocycles. The van der Waals surface area contributed by atoms with Gasteiger partial charge in [-0.2, -0.15) is 0 Å². The molecule has 4 N–H and O–H groups in total. The van der Waals surface area contributed by atoms with E-state index in [1.807, 2.05) is 0 Å². The number of thiophene rings is 1. The van der Waals surface area contributed by atoms with Gasteiger partial charge in [-0.15, -0.1) is 11.3 Å². The van der Waals surface area contributed by atoms with Gasteiger partial charge >= 0.3 is 5.97 Å². The number of amides is 2. The van der Waals surface area contributed by atoms with Crippen LogP contribution in [0.3, 0.4) is 0 Å². The van der Waals surface area contributed by atoms with Crippen molar-refractivity contribution in [3.8, 4) is 0 Å². The first-order chi connectivity index (χ1) is 9.47. The number of carboxylic acid groups (broad SMARTS) is 1. The molecule has 1 aromatic heterocycles. The second-order valence-electron chi connectivity index (χ2n) is 4.61. The fraction of sp³-hybridized carbons (Fsp3) is 0.417. The van der Waals surface area contributed by atoms with Crippen LogP contribution in [0.4, 0.5) is 5.00 Å². The standard InChI is InChI=1S/C12H15N3O4S/c13-11(19)8-3-4-20-12(8)14-9(16)5-15(6-10(17)18)7-1-2-7/h3-4,7H,1-2,5-6H2,(H2,13,19)(H,14,16)(H,17,18). The topological polar surface area (TPSA) is 113 Å². The van der Waals surface area contributed by atoms with Crippen molar-refractivity contribution < 1.29 is 19.5 Å². The van der Waals surface area contributed by atoms with Crippen LogP contribution in [0.2, 0.25) is 0 Å². The Morgan fingerprint density at radius 3 is 2.65 bits per heavy atom. The third-order valence-corrected chi connectivity index (χ3v) is 3.76. The molecule has 1 fully saturated rings. The van der Waals surface area contributed by atoms with Crippen LogP contribution in [0, 0.1) is 0 Å². The quantitative estimate of drug-likeness (QED) is 0.671. The van der Waals surface area contributed by atoms with Gasteiger partial charge in [-0.05, 0) is 24.3 Å². The van der Waals surface area contributed by atoms with E-state index in [1.54, 1.807) is 16.3 Å². The molecular weight excluding hydrogens is 282 g/mol. The number of aliphatic carboxylic acids is 1. The molecule has 8 heteroatoms. The first kappa shape index (κ1) is 14.5. The molecule has 7 nitrogen and oxygen atoms in total. The SMILES string of the molecule is NC(=O)c1ccsc1NC(=O)CN(CC(=O)O)C1CC1. The highest BCUT2D eigenvalue weighted by Gasteiger charge is 2.31. The molecule has 2 rings (SSSR count). The lowest BCUT2D eigenvalue weighted by atomic mass is 10.3. The summed E-state index contributed by atoms with van der Waals surface area (Å²) in [5.74, 6) is -1.91. The van der Waals surface area contributed by atoms with E-state index in [2.05, 4.69) is 5.32 Å². The van der Waals surface area contributed by atoms with E-state index in [9.17, 15) is 14.4 Å². The van der Waals surface area contributed by atoms with Gasteiger partial charge in [0.15, 0.2) is 0 Å². The molecule has 108 valence electrons. The number of nitrogens with one attached hydrogen (secondary N) is 1. The van der Waals surface area contributed by atoms with Gasteiger partial charge in [0, 0.05) is 6.04 Å². The van der Waals surface area contributed by atoms with Gasteiger partial charge in [0.25, 0.3) is 5.91 Å². The Balaban J connectivity index is 1.95. The Morgan fingerprint density at radius 1 is 1.40 bits per heavy atom. The number of carbonyl (C=O) groups is 3. The van der Waals surface area contributed by atoms with Crippen molar-refractivity contribution in [3.05, 3.63) is 17.0 Å². The highest BCUT2D eigenvalue weighted by molar-refractivity contribution is 7.14. The summed E-state index contributed by atoms with van der Waals surface area (Å²) in [6, 6.07) is 1.70. The molecule has 1 heterocycles. The molecule has 20 heavy (non-hydrogen) atoms. The summed E-state index contributed by atoms with van der Waals surface area (Å²) in [4.78, 5) is 35.4. The van der Waals surface area contributed by atoms with Crippen LogP contribution in [-0.4, -0.2) is 46.9 Å². The molecule has 1 aromatic rings. The second kappa shape index (κ2) is 6.02. The van der Waals surface area contributed by atoms with Crippen LogP contribution in [-0.2, 0) is 9.59 Å². The average molecular weight is 297 g/mol. The molecule has 0 atom stereocenters. The van der Waals surface area contributed by atoms with Crippen LogP contribution in [0.15, 0.2) is 11.4 Å². The fourth-order valence-corrected chi connectivity index (χ4v) is 2.69. The lowest BCUT2D eigenvalue weighted by Gasteiger charge is -2.18. The zero-order chi connectivity index (χ0) is 14.7. The second-order valence-corrected chi connectivity index (χ2v) is 5.52. The van der Waals surface area contributed by atoms with Crippen LogP contribution in [0.25, 0.3) is 0 Å². The minimum Gasteiger partial charge on any atom is -0.480 e. The number of rotatable bonds is 7. The smallest absolute Gasteiger partial charge is 0.317 e. The Morgan fingerprint density at radius 2 is 2.10 bits per heavy atom. The van der Waals surface area contributed by atoms with Crippen molar-refractivity contribution in [2.45, 2.75) is 18.9 Å². The molecule has 0 aromatic carbocycles. The molecule has 0 bridgehead atoms. The van der Waals surface area contributed by atoms with Gasteiger partial charge in [-0.1, -0.05) is 0 Å². The maximum Gasteiger partial charge on any atom is 0.317 e. The Labute approximate surface area is 119 Å². The largest absolute Gasteiger partial charge is 0.480 e. The highest BCUT2D eigenvalue weighted by atomic mass is 32.1. The molecule has 1 aliphatic carbocycles. The maximum atomic E-state index is 11.9. The molecule has 1 aliphatic rings. The fourth-order valence-electron chi connectivity index (χ4n) is 1.88. The zero-order valence-corrected chi connectivity index (χ0v) is 11.5. The molecule has 0 unspecified atom stereocenters. The number of nitrogens with zero attached hydrogens (tertiary/aromatic N) is 1. The Kier molecular flexibility index (Phi) is 4.35. The first-order valence-corrected chi connectivity index (χ1v) is 6.98. The lowest BCUT2D eigenvalue weighted by molar-refractivity contribution is -0.138. The van der Waals surface area contributed by atoms with Crippen LogP contribution in [0.1, 0.15) is 23.2 Å². The molecule has 0 radical (unpaired) electrons. The number of hydrogen-bond donors (Lipinski definition) is 3. The predicted molar refractivity (Wildman–Crippen MR) is 73.7 cm³/mol. The van der Waals surface area contributed by atoms with Crippen molar-refractivity contribution in [3.63, 3.8) is 0 Å². The van der Waals surface area contributed by atoms with Gasteiger partial charge in [0.1, 0.15) is 5.00 Å². The molecular formula is C12H15N3O4S. The van der Waals surface area contributed by atoms with Crippen LogP contribution in [0.5, 0.6) is 0 Å². The normalized spacial score (nSPS) is 14.2. The number of carboxylic acids is 1. The molecule has 0 saturated heterocycles. The lowest BCUT2D eigenvalue weighted by Crippen LogP contribution is -2.38. The van der Waals surface area contributed by atoms with Crippen molar-refractivity contribution >= 4 is 34.1 Å². The van der Waals surface area contributed by atoms with Crippen molar-refractivity contribution in [1.82, 2.24) is 4.90 Å². The summed E-state index contributed by atoms with van der Waals surface area (Å²) in [5.41, 5.74) is 5.45. The Bertz CT molecular complexity index is 539. The average Bonchev–Trinajstić information content (AvgIpc) is 3.08. The van der Waals surface area contributed by atoms with Crippen molar-refractivity contribution in [2.24, 2.45) is 5.73 Å².